The quantitative estimate of drug-likeness (QED) is 0.633. The zero-order chi connectivity index (χ0) is 15.5. The van der Waals surface area contributed by atoms with Crippen molar-refractivity contribution in [2.75, 3.05) is 6.61 Å². The van der Waals surface area contributed by atoms with Gasteiger partial charge in [-0.15, -0.1) is 0 Å². The lowest BCUT2D eigenvalue weighted by Crippen LogP contribution is -2.17. The van der Waals surface area contributed by atoms with E-state index in [4.69, 9.17) is 0 Å². The molecule has 0 fully saturated rings. The molecule has 0 aliphatic rings. The van der Waals surface area contributed by atoms with Gasteiger partial charge in [0.1, 0.15) is 5.69 Å². The van der Waals surface area contributed by atoms with Crippen molar-refractivity contribution in [2.24, 2.45) is 0 Å². The molecule has 0 atom stereocenters. The summed E-state index contributed by atoms with van der Waals surface area (Å²) in [6, 6.07) is -0.0747. The van der Waals surface area contributed by atoms with Gasteiger partial charge in [0.05, 0.1) is 24.3 Å². The van der Waals surface area contributed by atoms with Crippen molar-refractivity contribution in [1.82, 2.24) is 4.98 Å². The fourth-order valence-electron chi connectivity index (χ4n) is 1.39. The molecule has 0 aliphatic carbocycles. The van der Waals surface area contributed by atoms with E-state index in [1.165, 1.54) is 6.92 Å². The fraction of sp³-hybridized carbons (Fsp3) is 0.455. The van der Waals surface area contributed by atoms with E-state index in [1.54, 1.807) is 0 Å². The number of esters is 1. The minimum atomic E-state index is -5.17. The fourth-order valence-corrected chi connectivity index (χ4v) is 1.39. The standard InChI is InChI=1S/C11H9F6NO2/c1-2-20-8(19)4-6-9(12)5(11(15,16)17)3-7(18-6)10(13)14/h3,10H,2,4H2,1H3. The van der Waals surface area contributed by atoms with E-state index in [0.29, 0.717) is 0 Å². The van der Waals surface area contributed by atoms with Crippen LogP contribution in [0.25, 0.3) is 0 Å². The molecule has 0 aliphatic heterocycles. The summed E-state index contributed by atoms with van der Waals surface area (Å²) in [7, 11) is 0. The lowest BCUT2D eigenvalue weighted by molar-refractivity contribution is -0.143. The van der Waals surface area contributed by atoms with Crippen LogP contribution >= 0.6 is 0 Å². The third-order valence-electron chi connectivity index (χ3n) is 2.19. The van der Waals surface area contributed by atoms with Crippen LogP contribution in [0.5, 0.6) is 0 Å². The molecule has 20 heavy (non-hydrogen) atoms. The first kappa shape index (κ1) is 16.3. The Morgan fingerprint density at radius 1 is 1.40 bits per heavy atom. The van der Waals surface area contributed by atoms with Crippen LogP contribution in [-0.2, 0) is 22.1 Å². The second-order valence-corrected chi connectivity index (χ2v) is 3.64. The van der Waals surface area contributed by atoms with Crippen LogP contribution < -0.4 is 0 Å². The van der Waals surface area contributed by atoms with Gasteiger partial charge in [-0.25, -0.2) is 18.2 Å². The number of nitrogens with zero attached hydrogens (tertiary/aromatic N) is 1. The van der Waals surface area contributed by atoms with Crippen LogP contribution in [0.15, 0.2) is 6.07 Å². The molecule has 1 rings (SSSR count). The normalized spacial score (nSPS) is 11.8. The molecule has 0 radical (unpaired) electrons. The van der Waals surface area contributed by atoms with Gasteiger partial charge in [-0.05, 0) is 13.0 Å². The van der Waals surface area contributed by atoms with Gasteiger partial charge in [0, 0.05) is 0 Å². The first-order chi connectivity index (χ1) is 9.16. The molecule has 1 aromatic rings. The van der Waals surface area contributed by atoms with E-state index in [1.807, 2.05) is 0 Å². The number of pyridine rings is 1. The van der Waals surface area contributed by atoms with E-state index >= 15 is 0 Å². The summed E-state index contributed by atoms with van der Waals surface area (Å²) in [6.45, 7) is 1.35. The minimum absolute atomic E-state index is 0.0747. The molecule has 1 heterocycles. The zero-order valence-corrected chi connectivity index (χ0v) is 10.1. The van der Waals surface area contributed by atoms with E-state index in [0.717, 1.165) is 0 Å². The molecule has 1 aromatic heterocycles. The van der Waals surface area contributed by atoms with Gasteiger partial charge < -0.3 is 4.74 Å². The van der Waals surface area contributed by atoms with Gasteiger partial charge in [-0.3, -0.25) is 4.79 Å². The van der Waals surface area contributed by atoms with Gasteiger partial charge >= 0.3 is 12.1 Å². The van der Waals surface area contributed by atoms with E-state index in [9.17, 15) is 31.1 Å². The Morgan fingerprint density at radius 2 is 2.00 bits per heavy atom. The molecule has 112 valence electrons. The van der Waals surface area contributed by atoms with Crippen LogP contribution in [0.2, 0.25) is 0 Å². The molecule has 0 spiro atoms. The predicted octanol–water partition coefficient (Wildman–Crippen LogP) is 3.28. The first-order valence-electron chi connectivity index (χ1n) is 5.37. The Morgan fingerprint density at radius 3 is 2.45 bits per heavy atom. The maximum atomic E-state index is 13.6. The highest BCUT2D eigenvalue weighted by molar-refractivity contribution is 5.72. The van der Waals surface area contributed by atoms with Crippen molar-refractivity contribution in [3.63, 3.8) is 0 Å². The molecular weight excluding hydrogens is 292 g/mol. The third kappa shape index (κ3) is 3.84. The van der Waals surface area contributed by atoms with Crippen molar-refractivity contribution >= 4 is 5.97 Å². The highest BCUT2D eigenvalue weighted by atomic mass is 19.4. The summed E-state index contributed by atoms with van der Waals surface area (Å²) in [5, 5.41) is 0. The predicted molar refractivity (Wildman–Crippen MR) is 54.5 cm³/mol. The number of hydrogen-bond donors (Lipinski definition) is 0. The summed E-state index contributed by atoms with van der Waals surface area (Å²) in [5.74, 6) is -2.91. The maximum absolute atomic E-state index is 13.6. The van der Waals surface area contributed by atoms with Crippen molar-refractivity contribution in [1.29, 1.82) is 0 Å². The van der Waals surface area contributed by atoms with E-state index in [-0.39, 0.29) is 12.7 Å². The lowest BCUT2D eigenvalue weighted by atomic mass is 10.1. The van der Waals surface area contributed by atoms with Gasteiger partial charge in [-0.2, -0.15) is 13.2 Å². The smallest absolute Gasteiger partial charge is 0.419 e. The van der Waals surface area contributed by atoms with Crippen LogP contribution in [-0.4, -0.2) is 17.6 Å². The summed E-state index contributed by atoms with van der Waals surface area (Å²) in [4.78, 5) is 14.2. The average Bonchev–Trinajstić information content (AvgIpc) is 2.30. The topological polar surface area (TPSA) is 39.2 Å². The highest BCUT2D eigenvalue weighted by Gasteiger charge is 2.37. The molecule has 0 saturated carbocycles. The molecule has 0 bridgehead atoms. The number of halogens is 6. The number of alkyl halides is 5. The second-order valence-electron chi connectivity index (χ2n) is 3.64. The molecule has 0 unspecified atom stereocenters. The Balaban J connectivity index is 3.28. The third-order valence-corrected chi connectivity index (χ3v) is 2.19. The van der Waals surface area contributed by atoms with Crippen molar-refractivity contribution < 1.29 is 35.9 Å². The van der Waals surface area contributed by atoms with Crippen molar-refractivity contribution in [2.45, 2.75) is 25.9 Å². The minimum Gasteiger partial charge on any atom is -0.466 e. The Kier molecular flexibility index (Phi) is 4.96. The number of aromatic nitrogens is 1. The van der Waals surface area contributed by atoms with Crippen LogP contribution in [0.3, 0.4) is 0 Å². The molecule has 0 N–H and O–H groups in total. The van der Waals surface area contributed by atoms with Crippen LogP contribution in [0.1, 0.15) is 30.3 Å². The van der Waals surface area contributed by atoms with Gasteiger partial charge in [0.25, 0.3) is 6.43 Å². The monoisotopic (exact) mass is 301 g/mol. The van der Waals surface area contributed by atoms with Gasteiger partial charge in [0.15, 0.2) is 5.82 Å². The second kappa shape index (κ2) is 6.10. The summed E-state index contributed by atoms with van der Waals surface area (Å²) in [5.41, 5.74) is -4.16. The highest BCUT2D eigenvalue weighted by Crippen LogP contribution is 2.34. The Bertz CT molecular complexity index is 500. The number of carbonyl (C=O) groups excluding carboxylic acids is 1. The molecule has 0 amide bonds. The number of carbonyl (C=O) groups is 1. The van der Waals surface area contributed by atoms with Crippen molar-refractivity contribution in [3.05, 3.63) is 28.8 Å². The molecule has 3 nitrogen and oxygen atoms in total. The van der Waals surface area contributed by atoms with Crippen molar-refractivity contribution in [3.8, 4) is 0 Å². The van der Waals surface area contributed by atoms with E-state index in [2.05, 4.69) is 9.72 Å². The molecule has 0 aromatic carbocycles. The maximum Gasteiger partial charge on any atom is 0.419 e. The number of rotatable bonds is 4. The zero-order valence-electron chi connectivity index (χ0n) is 10.1. The molecule has 9 heteroatoms. The lowest BCUT2D eigenvalue weighted by Gasteiger charge is -2.13. The molecule has 0 saturated heterocycles. The Labute approximate surface area is 109 Å². The van der Waals surface area contributed by atoms with E-state index < -0.39 is 47.8 Å². The SMILES string of the molecule is CCOC(=O)Cc1nc(C(F)F)cc(C(F)(F)F)c1F. The van der Waals surface area contributed by atoms with Gasteiger partial charge in [-0.1, -0.05) is 0 Å². The summed E-state index contributed by atoms with van der Waals surface area (Å²) >= 11 is 0. The largest absolute Gasteiger partial charge is 0.466 e. The first-order valence-corrected chi connectivity index (χ1v) is 5.37. The average molecular weight is 301 g/mol. The number of hydrogen-bond acceptors (Lipinski definition) is 3. The summed E-state index contributed by atoms with van der Waals surface area (Å²) < 4.78 is 80.5. The Hall–Kier alpha value is -1.80. The van der Waals surface area contributed by atoms with Crippen LogP contribution in [0, 0.1) is 5.82 Å². The van der Waals surface area contributed by atoms with Crippen LogP contribution in [0.4, 0.5) is 26.3 Å². The molecular formula is C11H9F6NO2. The van der Waals surface area contributed by atoms with Gasteiger partial charge in [0.2, 0.25) is 0 Å². The number of ether oxygens (including phenoxy) is 1. The summed E-state index contributed by atoms with van der Waals surface area (Å²) in [6.07, 6.45) is -9.44.